The van der Waals surface area contributed by atoms with Crippen molar-refractivity contribution in [3.05, 3.63) is 30.1 Å². The van der Waals surface area contributed by atoms with E-state index in [1.165, 1.54) is 12.8 Å². The number of nitrogens with one attached hydrogen (secondary N) is 2. The molecule has 1 aromatic rings. The molecule has 0 unspecified atom stereocenters. The first-order chi connectivity index (χ1) is 8.84. The van der Waals surface area contributed by atoms with Crippen LogP contribution in [0.25, 0.3) is 0 Å². The molecule has 2 rings (SSSR count). The van der Waals surface area contributed by atoms with E-state index in [1.807, 2.05) is 12.1 Å². The summed E-state index contributed by atoms with van der Waals surface area (Å²) in [6.45, 7) is 2.73. The number of rotatable bonds is 5. The monoisotopic (exact) mass is 265 g/mol. The standard InChI is InChI=1S/C13H19N3OS/c17-13(10-18-12-3-6-14-7-4-12)16-9-11-2-1-5-15-8-11/h1-2,5,8,12,14H,3-4,6-7,9-10H2,(H,16,17). The highest BCUT2D eigenvalue weighted by Crippen LogP contribution is 2.19. The summed E-state index contributed by atoms with van der Waals surface area (Å²) in [5.74, 6) is 0.674. The highest BCUT2D eigenvalue weighted by molar-refractivity contribution is 8.00. The third-order valence-electron chi connectivity index (χ3n) is 2.95. The number of hydrogen-bond donors (Lipinski definition) is 2. The zero-order chi connectivity index (χ0) is 12.6. The van der Waals surface area contributed by atoms with Gasteiger partial charge >= 0.3 is 0 Å². The van der Waals surface area contributed by atoms with Crippen LogP contribution in [-0.4, -0.2) is 35.0 Å². The van der Waals surface area contributed by atoms with Gasteiger partial charge in [-0.1, -0.05) is 6.07 Å². The van der Waals surface area contributed by atoms with E-state index in [4.69, 9.17) is 0 Å². The molecule has 18 heavy (non-hydrogen) atoms. The number of pyridine rings is 1. The van der Waals surface area contributed by atoms with Gasteiger partial charge in [-0.05, 0) is 37.6 Å². The molecule has 1 aliphatic rings. The van der Waals surface area contributed by atoms with Crippen molar-refractivity contribution < 1.29 is 4.79 Å². The van der Waals surface area contributed by atoms with Gasteiger partial charge in [-0.25, -0.2) is 0 Å². The minimum atomic E-state index is 0.113. The van der Waals surface area contributed by atoms with Crippen molar-refractivity contribution >= 4 is 17.7 Å². The minimum absolute atomic E-state index is 0.113. The summed E-state index contributed by atoms with van der Waals surface area (Å²) in [7, 11) is 0. The smallest absolute Gasteiger partial charge is 0.230 e. The summed E-state index contributed by atoms with van der Waals surface area (Å²) < 4.78 is 0. The predicted molar refractivity (Wildman–Crippen MR) is 74.4 cm³/mol. The van der Waals surface area contributed by atoms with Gasteiger partial charge in [-0.2, -0.15) is 0 Å². The van der Waals surface area contributed by atoms with Crippen molar-refractivity contribution in [2.45, 2.75) is 24.6 Å². The lowest BCUT2D eigenvalue weighted by Gasteiger charge is -2.21. The molecule has 0 aromatic carbocycles. The molecule has 2 heterocycles. The van der Waals surface area contributed by atoms with Crippen LogP contribution >= 0.6 is 11.8 Å². The number of amides is 1. The number of nitrogens with zero attached hydrogens (tertiary/aromatic N) is 1. The molecule has 0 atom stereocenters. The second kappa shape index (κ2) is 7.38. The van der Waals surface area contributed by atoms with Crippen molar-refractivity contribution in [2.75, 3.05) is 18.8 Å². The summed E-state index contributed by atoms with van der Waals surface area (Å²) in [5, 5.41) is 6.89. The normalized spacial score (nSPS) is 16.4. The van der Waals surface area contributed by atoms with Crippen LogP contribution in [0.1, 0.15) is 18.4 Å². The molecule has 5 heteroatoms. The van der Waals surface area contributed by atoms with E-state index in [-0.39, 0.29) is 5.91 Å². The molecule has 0 bridgehead atoms. The van der Waals surface area contributed by atoms with Gasteiger partial charge in [0.15, 0.2) is 0 Å². The quantitative estimate of drug-likeness (QED) is 0.839. The summed E-state index contributed by atoms with van der Waals surface area (Å²) in [5.41, 5.74) is 1.04. The van der Waals surface area contributed by atoms with Gasteiger partial charge < -0.3 is 10.6 Å². The molecule has 0 saturated carbocycles. The molecule has 4 nitrogen and oxygen atoms in total. The van der Waals surface area contributed by atoms with Gasteiger partial charge in [0, 0.05) is 24.2 Å². The summed E-state index contributed by atoms with van der Waals surface area (Å²) in [6, 6.07) is 3.85. The molecule has 1 saturated heterocycles. The fourth-order valence-corrected chi connectivity index (χ4v) is 2.97. The van der Waals surface area contributed by atoms with E-state index in [9.17, 15) is 4.79 Å². The number of thioether (sulfide) groups is 1. The van der Waals surface area contributed by atoms with Crippen molar-refractivity contribution in [3.63, 3.8) is 0 Å². The number of carbonyl (C=O) groups is 1. The van der Waals surface area contributed by atoms with Crippen LogP contribution < -0.4 is 10.6 Å². The highest BCUT2D eigenvalue weighted by atomic mass is 32.2. The Kier molecular flexibility index (Phi) is 5.48. The van der Waals surface area contributed by atoms with Crippen molar-refractivity contribution in [1.29, 1.82) is 0 Å². The first-order valence-corrected chi connectivity index (χ1v) is 7.37. The lowest BCUT2D eigenvalue weighted by molar-refractivity contribution is -0.118. The average Bonchev–Trinajstić information content (AvgIpc) is 2.45. The van der Waals surface area contributed by atoms with E-state index < -0.39 is 0 Å². The topological polar surface area (TPSA) is 54.0 Å². The van der Waals surface area contributed by atoms with Crippen LogP contribution in [0.15, 0.2) is 24.5 Å². The first-order valence-electron chi connectivity index (χ1n) is 6.32. The van der Waals surface area contributed by atoms with Crippen LogP contribution in [0.2, 0.25) is 0 Å². The van der Waals surface area contributed by atoms with Crippen LogP contribution in [0.4, 0.5) is 0 Å². The third kappa shape index (κ3) is 4.66. The Bertz CT molecular complexity index is 366. The molecule has 1 aromatic heterocycles. The Hall–Kier alpha value is -1.07. The molecular formula is C13H19N3OS. The number of aromatic nitrogens is 1. The maximum atomic E-state index is 11.7. The summed E-state index contributed by atoms with van der Waals surface area (Å²) in [6.07, 6.45) is 5.85. The SMILES string of the molecule is O=C(CSC1CCNCC1)NCc1cccnc1. The maximum absolute atomic E-state index is 11.7. The molecule has 98 valence electrons. The zero-order valence-electron chi connectivity index (χ0n) is 10.4. The van der Waals surface area contributed by atoms with Crippen molar-refractivity contribution in [1.82, 2.24) is 15.6 Å². The molecular weight excluding hydrogens is 246 g/mol. The van der Waals surface area contributed by atoms with E-state index >= 15 is 0 Å². The molecule has 0 radical (unpaired) electrons. The first kappa shape index (κ1) is 13.4. The van der Waals surface area contributed by atoms with Crippen molar-refractivity contribution in [2.24, 2.45) is 0 Å². The van der Waals surface area contributed by atoms with Crippen LogP contribution in [0, 0.1) is 0 Å². The largest absolute Gasteiger partial charge is 0.351 e. The molecule has 1 amide bonds. The van der Waals surface area contributed by atoms with Gasteiger partial charge in [-0.3, -0.25) is 9.78 Å². The van der Waals surface area contributed by atoms with E-state index in [0.29, 0.717) is 17.5 Å². The van der Waals surface area contributed by atoms with Gasteiger partial charge in [0.2, 0.25) is 5.91 Å². The van der Waals surface area contributed by atoms with E-state index in [0.717, 1.165) is 18.7 Å². The Morgan fingerprint density at radius 1 is 1.50 bits per heavy atom. The highest BCUT2D eigenvalue weighted by Gasteiger charge is 2.14. The summed E-state index contributed by atoms with van der Waals surface area (Å²) in [4.78, 5) is 15.7. The fourth-order valence-electron chi connectivity index (χ4n) is 1.91. The van der Waals surface area contributed by atoms with Crippen molar-refractivity contribution in [3.8, 4) is 0 Å². The van der Waals surface area contributed by atoms with Gasteiger partial charge in [0.1, 0.15) is 0 Å². The van der Waals surface area contributed by atoms with Crippen LogP contribution in [-0.2, 0) is 11.3 Å². The lowest BCUT2D eigenvalue weighted by atomic mass is 10.2. The Morgan fingerprint density at radius 3 is 3.06 bits per heavy atom. The van der Waals surface area contributed by atoms with E-state index in [1.54, 1.807) is 24.2 Å². The van der Waals surface area contributed by atoms with E-state index in [2.05, 4.69) is 15.6 Å². The van der Waals surface area contributed by atoms with Crippen LogP contribution in [0.3, 0.4) is 0 Å². The second-order valence-electron chi connectivity index (χ2n) is 4.40. The number of hydrogen-bond acceptors (Lipinski definition) is 4. The average molecular weight is 265 g/mol. The number of piperidine rings is 1. The predicted octanol–water partition coefficient (Wildman–Crippen LogP) is 1.18. The third-order valence-corrected chi connectivity index (χ3v) is 4.32. The molecule has 2 N–H and O–H groups in total. The molecule has 1 aliphatic heterocycles. The molecule has 0 aliphatic carbocycles. The Labute approximate surface area is 112 Å². The molecule has 1 fully saturated rings. The number of carbonyl (C=O) groups excluding carboxylic acids is 1. The second-order valence-corrected chi connectivity index (χ2v) is 5.69. The maximum Gasteiger partial charge on any atom is 0.230 e. The molecule has 0 spiro atoms. The summed E-state index contributed by atoms with van der Waals surface area (Å²) >= 11 is 1.77. The minimum Gasteiger partial charge on any atom is -0.351 e. The van der Waals surface area contributed by atoms with Gasteiger partial charge in [-0.15, -0.1) is 11.8 Å². The fraction of sp³-hybridized carbons (Fsp3) is 0.538. The Morgan fingerprint density at radius 2 is 2.33 bits per heavy atom. The van der Waals surface area contributed by atoms with Gasteiger partial charge in [0.05, 0.1) is 5.75 Å². The Balaban J connectivity index is 1.63. The van der Waals surface area contributed by atoms with Crippen LogP contribution in [0.5, 0.6) is 0 Å². The zero-order valence-corrected chi connectivity index (χ0v) is 11.2. The van der Waals surface area contributed by atoms with Gasteiger partial charge in [0.25, 0.3) is 0 Å². The lowest BCUT2D eigenvalue weighted by Crippen LogP contribution is -2.31.